The maximum atomic E-state index is 13.6. The molecule has 0 aromatic heterocycles. The number of halogens is 1. The highest BCUT2D eigenvalue weighted by Gasteiger charge is 2.52. The Labute approximate surface area is 191 Å². The summed E-state index contributed by atoms with van der Waals surface area (Å²) >= 11 is 5.97. The number of amides is 3. The van der Waals surface area contributed by atoms with Crippen molar-refractivity contribution in [1.29, 1.82) is 0 Å². The topological polar surface area (TPSA) is 74.8 Å². The van der Waals surface area contributed by atoms with Crippen molar-refractivity contribution in [3.63, 3.8) is 0 Å². The number of hydrogen-bond donors (Lipinski definition) is 0. The molecule has 1 heterocycles. The van der Waals surface area contributed by atoms with Gasteiger partial charge in [0.2, 0.25) is 0 Å². The first-order valence-corrected chi connectivity index (χ1v) is 11.0. The van der Waals surface area contributed by atoms with Crippen molar-refractivity contribution in [3.05, 3.63) is 82.9 Å². The van der Waals surface area contributed by atoms with E-state index in [4.69, 9.17) is 11.6 Å². The summed E-state index contributed by atoms with van der Waals surface area (Å²) in [4.78, 5) is 53.7. The molecular weight excluding hydrogens is 428 g/mol. The summed E-state index contributed by atoms with van der Waals surface area (Å²) in [5, 5.41) is 2.45. The lowest BCUT2D eigenvalue weighted by atomic mass is 9.85. The van der Waals surface area contributed by atoms with Crippen molar-refractivity contribution in [1.82, 2.24) is 10.0 Å². The third-order valence-corrected chi connectivity index (χ3v) is 6.29. The number of nitrogens with zero attached hydrogens (tertiary/aromatic N) is 2. The van der Waals surface area contributed by atoms with Gasteiger partial charge >= 0.3 is 0 Å². The maximum absolute atomic E-state index is 13.6. The molecule has 2 aromatic carbocycles. The Morgan fingerprint density at radius 2 is 1.50 bits per heavy atom. The molecule has 3 atom stereocenters. The van der Waals surface area contributed by atoms with Crippen molar-refractivity contribution in [2.45, 2.75) is 32.2 Å². The van der Waals surface area contributed by atoms with Gasteiger partial charge in [0.1, 0.15) is 6.04 Å². The van der Waals surface area contributed by atoms with Gasteiger partial charge in [-0.05, 0) is 43.5 Å². The highest BCUT2D eigenvalue weighted by atomic mass is 35.5. The molecule has 0 bridgehead atoms. The Kier molecular flexibility index (Phi) is 6.24. The van der Waals surface area contributed by atoms with Gasteiger partial charge in [0, 0.05) is 16.1 Å². The van der Waals surface area contributed by atoms with Crippen LogP contribution in [-0.4, -0.2) is 39.6 Å². The molecule has 1 aliphatic carbocycles. The molecule has 1 saturated heterocycles. The van der Waals surface area contributed by atoms with Crippen LogP contribution in [0, 0.1) is 11.8 Å². The number of hydrazine groups is 1. The lowest BCUT2D eigenvalue weighted by Gasteiger charge is -2.36. The average Bonchev–Trinajstić information content (AvgIpc) is 3.08. The quantitative estimate of drug-likeness (QED) is 0.373. The summed E-state index contributed by atoms with van der Waals surface area (Å²) in [6.45, 7) is 1.76. The molecule has 164 valence electrons. The van der Waals surface area contributed by atoms with Gasteiger partial charge in [0.15, 0.2) is 5.78 Å². The molecule has 0 spiro atoms. The zero-order valence-corrected chi connectivity index (χ0v) is 18.4. The lowest BCUT2D eigenvalue weighted by molar-refractivity contribution is -0.156. The molecule has 3 amide bonds. The first-order valence-electron chi connectivity index (χ1n) is 10.6. The summed E-state index contributed by atoms with van der Waals surface area (Å²) in [6, 6.07) is 13.7. The number of hydrogen-bond acceptors (Lipinski definition) is 4. The van der Waals surface area contributed by atoms with Gasteiger partial charge < -0.3 is 0 Å². The molecule has 32 heavy (non-hydrogen) atoms. The average molecular weight is 451 g/mol. The van der Waals surface area contributed by atoms with Crippen LogP contribution in [0.15, 0.2) is 66.7 Å². The molecule has 2 aromatic rings. The fraction of sp³-hybridized carbons (Fsp3) is 0.280. The first kappa shape index (κ1) is 22.0. The van der Waals surface area contributed by atoms with Crippen LogP contribution in [0.5, 0.6) is 0 Å². The van der Waals surface area contributed by atoms with E-state index in [2.05, 4.69) is 0 Å². The molecule has 1 fully saturated rings. The Bertz CT molecular complexity index is 1050. The van der Waals surface area contributed by atoms with Crippen molar-refractivity contribution >= 4 is 35.1 Å². The van der Waals surface area contributed by atoms with Crippen molar-refractivity contribution in [3.8, 4) is 0 Å². The van der Waals surface area contributed by atoms with E-state index in [1.54, 1.807) is 49.4 Å². The fourth-order valence-corrected chi connectivity index (χ4v) is 4.48. The number of ketones is 1. The van der Waals surface area contributed by atoms with E-state index in [0.29, 0.717) is 23.4 Å². The molecule has 0 N–H and O–H groups in total. The summed E-state index contributed by atoms with van der Waals surface area (Å²) in [5.41, 5.74) is 0.647. The predicted molar refractivity (Wildman–Crippen MR) is 120 cm³/mol. The number of carbonyl (C=O) groups is 4. The van der Waals surface area contributed by atoms with Crippen molar-refractivity contribution in [2.75, 3.05) is 0 Å². The Hall–Kier alpha value is -3.25. The first-order chi connectivity index (χ1) is 15.4. The van der Waals surface area contributed by atoms with Gasteiger partial charge in [0.05, 0.1) is 11.8 Å². The monoisotopic (exact) mass is 450 g/mol. The second-order valence-corrected chi connectivity index (χ2v) is 8.39. The molecule has 7 heteroatoms. The number of Topliss-reactive ketones (excluding diaryl/α,β-unsaturated/α-hetero) is 1. The Morgan fingerprint density at radius 3 is 2.03 bits per heavy atom. The van der Waals surface area contributed by atoms with Gasteiger partial charge in [0.25, 0.3) is 17.7 Å². The summed E-state index contributed by atoms with van der Waals surface area (Å²) in [7, 11) is 0. The highest BCUT2D eigenvalue weighted by Crippen LogP contribution is 2.37. The van der Waals surface area contributed by atoms with E-state index in [9.17, 15) is 19.2 Å². The van der Waals surface area contributed by atoms with E-state index < -0.39 is 35.6 Å². The fourth-order valence-electron chi connectivity index (χ4n) is 4.36. The van der Waals surface area contributed by atoms with Crippen LogP contribution in [0.1, 0.15) is 46.9 Å². The van der Waals surface area contributed by atoms with Gasteiger partial charge in [-0.2, -0.15) is 5.01 Å². The number of rotatable bonds is 6. The second-order valence-electron chi connectivity index (χ2n) is 7.96. The van der Waals surface area contributed by atoms with Gasteiger partial charge in [-0.3, -0.25) is 19.2 Å². The molecule has 0 saturated carbocycles. The molecule has 0 radical (unpaired) electrons. The molecular formula is C25H23ClN2O4. The normalized spacial score (nSPS) is 20.8. The number of fused-ring (bicyclic) bond motifs is 1. The van der Waals surface area contributed by atoms with E-state index in [1.807, 2.05) is 12.2 Å². The molecule has 1 aliphatic heterocycles. The van der Waals surface area contributed by atoms with Crippen LogP contribution < -0.4 is 0 Å². The molecule has 4 rings (SSSR count). The summed E-state index contributed by atoms with van der Waals surface area (Å²) in [6.07, 6.45) is 4.88. The minimum absolute atomic E-state index is 0.234. The maximum Gasteiger partial charge on any atom is 0.273 e. The molecule has 6 nitrogen and oxygen atoms in total. The van der Waals surface area contributed by atoms with Crippen LogP contribution in [-0.2, 0) is 9.59 Å². The minimum atomic E-state index is -1.01. The van der Waals surface area contributed by atoms with Gasteiger partial charge in [-0.1, -0.05) is 61.0 Å². The van der Waals surface area contributed by atoms with Crippen LogP contribution >= 0.6 is 11.6 Å². The number of imide groups is 1. The van der Waals surface area contributed by atoms with Crippen LogP contribution in [0.4, 0.5) is 0 Å². The zero-order valence-electron chi connectivity index (χ0n) is 17.6. The Balaban J connectivity index is 1.78. The van der Waals surface area contributed by atoms with E-state index in [-0.39, 0.29) is 17.8 Å². The van der Waals surface area contributed by atoms with Crippen LogP contribution in [0.2, 0.25) is 5.02 Å². The standard InChI is InChI=1S/C25H23ClN2O4/c1-2-21(22(29)16-8-4-3-5-9-16)27(23(30)17-12-14-18(26)15-13-17)28-24(31)19-10-6-7-11-20(19)25(28)32/h3-9,12-15,19-21H,2,10-11H2,1H3/t19-,20+,21-/m1/s1. The highest BCUT2D eigenvalue weighted by molar-refractivity contribution is 6.30. The van der Waals surface area contributed by atoms with E-state index >= 15 is 0 Å². The van der Waals surface area contributed by atoms with Crippen molar-refractivity contribution < 1.29 is 19.2 Å². The zero-order chi connectivity index (χ0) is 22.8. The third kappa shape index (κ3) is 3.86. The predicted octanol–water partition coefficient (Wildman–Crippen LogP) is 4.31. The smallest absolute Gasteiger partial charge is 0.273 e. The van der Waals surface area contributed by atoms with Crippen molar-refractivity contribution in [2.24, 2.45) is 11.8 Å². The minimum Gasteiger partial charge on any atom is -0.292 e. The largest absolute Gasteiger partial charge is 0.292 e. The number of allylic oxidation sites excluding steroid dienone is 2. The second kappa shape index (κ2) is 9.09. The lowest BCUT2D eigenvalue weighted by Crippen LogP contribution is -2.57. The van der Waals surface area contributed by atoms with E-state index in [0.717, 1.165) is 10.0 Å². The van der Waals surface area contributed by atoms with Gasteiger partial charge in [-0.25, -0.2) is 5.01 Å². The third-order valence-electron chi connectivity index (χ3n) is 6.04. The SMILES string of the molecule is CC[C@H](C(=O)c1ccccc1)N(C(=O)c1ccc(Cl)cc1)N1C(=O)[C@H]2CC=CC[C@H]2C1=O. The number of carbonyl (C=O) groups excluding carboxylic acids is 4. The van der Waals surface area contributed by atoms with E-state index in [1.165, 1.54) is 12.1 Å². The van der Waals surface area contributed by atoms with Gasteiger partial charge in [-0.15, -0.1) is 0 Å². The number of benzene rings is 2. The molecule has 0 unspecified atom stereocenters. The van der Waals surface area contributed by atoms with Crippen LogP contribution in [0.3, 0.4) is 0 Å². The van der Waals surface area contributed by atoms with Crippen LogP contribution in [0.25, 0.3) is 0 Å². The Morgan fingerprint density at radius 1 is 0.938 bits per heavy atom. The summed E-state index contributed by atoms with van der Waals surface area (Å²) in [5.74, 6) is -2.83. The molecule has 2 aliphatic rings. The summed E-state index contributed by atoms with van der Waals surface area (Å²) < 4.78 is 0.